The van der Waals surface area contributed by atoms with Gasteiger partial charge in [-0.1, -0.05) is 30.3 Å². The highest BCUT2D eigenvalue weighted by atomic mass is 16.3. The van der Waals surface area contributed by atoms with E-state index in [1.54, 1.807) is 24.6 Å². The van der Waals surface area contributed by atoms with Crippen molar-refractivity contribution < 1.29 is 4.42 Å². The van der Waals surface area contributed by atoms with E-state index in [0.717, 1.165) is 5.56 Å². The Morgan fingerprint density at radius 3 is 2.76 bits per heavy atom. The van der Waals surface area contributed by atoms with Gasteiger partial charge in [-0.3, -0.25) is 5.41 Å². The van der Waals surface area contributed by atoms with Crippen LogP contribution in [0.3, 0.4) is 0 Å². The first-order chi connectivity index (χ1) is 10.3. The second kappa shape index (κ2) is 6.00. The van der Waals surface area contributed by atoms with Gasteiger partial charge in [0.1, 0.15) is 17.9 Å². The van der Waals surface area contributed by atoms with Gasteiger partial charge in [0.15, 0.2) is 5.76 Å². The molecule has 0 spiro atoms. The van der Waals surface area contributed by atoms with E-state index in [1.165, 1.54) is 6.33 Å². The van der Waals surface area contributed by atoms with Crippen LogP contribution < -0.4 is 5.32 Å². The number of aromatic nitrogens is 2. The summed E-state index contributed by atoms with van der Waals surface area (Å²) in [6.45, 7) is 0.635. The van der Waals surface area contributed by atoms with Gasteiger partial charge in [0, 0.05) is 12.7 Å². The zero-order valence-electron chi connectivity index (χ0n) is 11.3. The van der Waals surface area contributed by atoms with Crippen molar-refractivity contribution in [2.45, 2.75) is 6.54 Å². The standard InChI is InChI=1S/C16H14N4O/c17-15(14-7-4-8-21-14)13-10-18-11-20-16(13)19-9-12-5-2-1-3-6-12/h1-8,10-11,17H,9H2,(H,18,19,20). The lowest BCUT2D eigenvalue weighted by Crippen LogP contribution is -2.09. The Kier molecular flexibility index (Phi) is 3.73. The minimum Gasteiger partial charge on any atom is -0.463 e. The van der Waals surface area contributed by atoms with Crippen LogP contribution in [0.5, 0.6) is 0 Å². The number of furan rings is 1. The molecule has 0 aliphatic heterocycles. The smallest absolute Gasteiger partial charge is 0.152 e. The molecular weight excluding hydrogens is 264 g/mol. The van der Waals surface area contributed by atoms with E-state index >= 15 is 0 Å². The van der Waals surface area contributed by atoms with E-state index in [-0.39, 0.29) is 5.71 Å². The van der Waals surface area contributed by atoms with Gasteiger partial charge < -0.3 is 9.73 Å². The maximum absolute atomic E-state index is 8.20. The molecule has 0 saturated heterocycles. The number of nitrogens with zero attached hydrogens (tertiary/aromatic N) is 2. The largest absolute Gasteiger partial charge is 0.463 e. The number of nitrogens with one attached hydrogen (secondary N) is 2. The van der Waals surface area contributed by atoms with E-state index in [0.29, 0.717) is 23.7 Å². The van der Waals surface area contributed by atoms with Crippen molar-refractivity contribution in [2.75, 3.05) is 5.32 Å². The second-order valence-corrected chi connectivity index (χ2v) is 4.48. The summed E-state index contributed by atoms with van der Waals surface area (Å²) < 4.78 is 5.26. The third-order valence-corrected chi connectivity index (χ3v) is 3.05. The highest BCUT2D eigenvalue weighted by molar-refractivity contribution is 6.11. The Morgan fingerprint density at radius 1 is 1.14 bits per heavy atom. The molecule has 2 N–H and O–H groups in total. The molecule has 2 aromatic heterocycles. The van der Waals surface area contributed by atoms with Crippen LogP contribution in [-0.4, -0.2) is 15.7 Å². The van der Waals surface area contributed by atoms with E-state index in [2.05, 4.69) is 15.3 Å². The topological polar surface area (TPSA) is 74.8 Å². The first-order valence-corrected chi connectivity index (χ1v) is 6.55. The van der Waals surface area contributed by atoms with Gasteiger partial charge in [0.05, 0.1) is 11.8 Å². The number of hydrogen-bond acceptors (Lipinski definition) is 5. The van der Waals surface area contributed by atoms with E-state index < -0.39 is 0 Å². The number of benzene rings is 1. The van der Waals surface area contributed by atoms with E-state index in [4.69, 9.17) is 9.83 Å². The van der Waals surface area contributed by atoms with Crippen molar-refractivity contribution in [3.8, 4) is 0 Å². The van der Waals surface area contributed by atoms with Crippen LogP contribution in [0.25, 0.3) is 0 Å². The van der Waals surface area contributed by atoms with Gasteiger partial charge in [0.25, 0.3) is 0 Å². The van der Waals surface area contributed by atoms with Crippen molar-refractivity contribution in [2.24, 2.45) is 0 Å². The van der Waals surface area contributed by atoms with Crippen LogP contribution in [0, 0.1) is 5.41 Å². The fourth-order valence-corrected chi connectivity index (χ4v) is 1.99. The van der Waals surface area contributed by atoms with Gasteiger partial charge in [-0.25, -0.2) is 9.97 Å². The second-order valence-electron chi connectivity index (χ2n) is 4.48. The highest BCUT2D eigenvalue weighted by Crippen LogP contribution is 2.17. The van der Waals surface area contributed by atoms with Gasteiger partial charge in [0.2, 0.25) is 0 Å². The predicted octanol–water partition coefficient (Wildman–Crippen LogP) is 3.10. The van der Waals surface area contributed by atoms with Crippen LogP contribution in [0.15, 0.2) is 65.7 Å². The lowest BCUT2D eigenvalue weighted by atomic mass is 10.1. The van der Waals surface area contributed by atoms with Crippen molar-refractivity contribution in [1.82, 2.24) is 9.97 Å². The van der Waals surface area contributed by atoms with Gasteiger partial charge >= 0.3 is 0 Å². The molecule has 0 bridgehead atoms. The molecule has 0 saturated carbocycles. The Labute approximate surface area is 122 Å². The van der Waals surface area contributed by atoms with Crippen LogP contribution in [0.2, 0.25) is 0 Å². The molecule has 104 valence electrons. The third kappa shape index (κ3) is 2.97. The zero-order chi connectivity index (χ0) is 14.5. The molecule has 0 unspecified atom stereocenters. The fraction of sp³-hybridized carbons (Fsp3) is 0.0625. The first kappa shape index (κ1) is 13.1. The summed E-state index contributed by atoms with van der Waals surface area (Å²) in [5, 5.41) is 11.4. The molecule has 0 radical (unpaired) electrons. The molecule has 0 aliphatic rings. The minimum absolute atomic E-state index is 0.260. The average Bonchev–Trinajstić information content (AvgIpc) is 3.08. The molecule has 0 atom stereocenters. The molecule has 0 fully saturated rings. The molecule has 5 nitrogen and oxygen atoms in total. The molecule has 2 heterocycles. The summed E-state index contributed by atoms with van der Waals surface area (Å²) in [6, 6.07) is 13.5. The predicted molar refractivity (Wildman–Crippen MR) is 80.4 cm³/mol. The van der Waals surface area contributed by atoms with Crippen LogP contribution >= 0.6 is 0 Å². The zero-order valence-corrected chi connectivity index (χ0v) is 11.3. The fourth-order valence-electron chi connectivity index (χ4n) is 1.99. The van der Waals surface area contributed by atoms with E-state index in [1.807, 2.05) is 30.3 Å². The number of anilines is 1. The normalized spacial score (nSPS) is 10.3. The van der Waals surface area contributed by atoms with Crippen molar-refractivity contribution in [1.29, 1.82) is 5.41 Å². The molecule has 0 amide bonds. The summed E-state index contributed by atoms with van der Waals surface area (Å²) >= 11 is 0. The van der Waals surface area contributed by atoms with Crippen molar-refractivity contribution >= 4 is 11.5 Å². The minimum atomic E-state index is 0.260. The summed E-state index contributed by atoms with van der Waals surface area (Å²) in [4.78, 5) is 8.22. The summed E-state index contributed by atoms with van der Waals surface area (Å²) in [6.07, 6.45) is 4.63. The van der Waals surface area contributed by atoms with E-state index in [9.17, 15) is 0 Å². The maximum Gasteiger partial charge on any atom is 0.152 e. The average molecular weight is 278 g/mol. The van der Waals surface area contributed by atoms with Crippen molar-refractivity contribution in [3.05, 3.63) is 78.1 Å². The molecule has 5 heteroatoms. The molecular formula is C16H14N4O. The summed E-state index contributed by atoms with van der Waals surface area (Å²) in [5.74, 6) is 1.11. The Balaban J connectivity index is 1.81. The van der Waals surface area contributed by atoms with Gasteiger partial charge in [-0.05, 0) is 17.7 Å². The Morgan fingerprint density at radius 2 is 2.00 bits per heavy atom. The molecule has 3 aromatic rings. The van der Waals surface area contributed by atoms with Gasteiger partial charge in [-0.2, -0.15) is 0 Å². The SMILES string of the molecule is N=C(c1ccco1)c1cncnc1NCc1ccccc1. The van der Waals surface area contributed by atoms with Crippen LogP contribution in [-0.2, 0) is 6.54 Å². The van der Waals surface area contributed by atoms with Crippen LogP contribution in [0.1, 0.15) is 16.9 Å². The third-order valence-electron chi connectivity index (χ3n) is 3.05. The summed E-state index contributed by atoms with van der Waals surface area (Å²) in [5.41, 5.74) is 2.02. The number of hydrogen-bond donors (Lipinski definition) is 2. The molecule has 3 rings (SSSR count). The highest BCUT2D eigenvalue weighted by Gasteiger charge is 2.13. The molecule has 0 aliphatic carbocycles. The first-order valence-electron chi connectivity index (χ1n) is 6.55. The van der Waals surface area contributed by atoms with Crippen molar-refractivity contribution in [3.63, 3.8) is 0 Å². The summed E-state index contributed by atoms with van der Waals surface area (Å²) in [7, 11) is 0. The molecule has 1 aromatic carbocycles. The monoisotopic (exact) mass is 278 g/mol. The lowest BCUT2D eigenvalue weighted by molar-refractivity contribution is 0.557. The molecule has 21 heavy (non-hydrogen) atoms. The lowest BCUT2D eigenvalue weighted by Gasteiger charge is -2.10. The number of rotatable bonds is 5. The Bertz CT molecular complexity index is 723. The van der Waals surface area contributed by atoms with Crippen LogP contribution in [0.4, 0.5) is 5.82 Å². The van der Waals surface area contributed by atoms with Gasteiger partial charge in [-0.15, -0.1) is 0 Å². The Hall–Kier alpha value is -2.95. The maximum atomic E-state index is 8.20. The quantitative estimate of drug-likeness (QED) is 0.703.